The Morgan fingerprint density at radius 3 is 2.56 bits per heavy atom. The van der Waals surface area contributed by atoms with Crippen molar-refractivity contribution >= 4 is 35.6 Å². The van der Waals surface area contributed by atoms with Crippen LogP contribution < -0.4 is 10.2 Å². The Balaban J connectivity index is 1.44. The van der Waals surface area contributed by atoms with Crippen LogP contribution in [-0.4, -0.2) is 94.5 Å². The Kier molecular flexibility index (Phi) is 9.07. The Hall–Kier alpha value is -4.25. The standard InChI is InChI=1S/C30H41N9O2/c1-9-21(20(2)38-12-14-39(15-13-38)29(40)41-30(3,4)5)17-26(31-6)36-28-34-23-11-10-22(16-25(23)35-28)24-18-27(37(7)8)33-19-32-24/h9-11,16-20H,6,12-15H2,1-5,7-8H3,(H2,34,35,36)/b21-9+,26-17+. The van der Waals surface area contributed by atoms with E-state index in [-0.39, 0.29) is 12.1 Å². The number of aromatic amines is 1. The molecule has 0 bridgehead atoms. The van der Waals surface area contributed by atoms with Crippen molar-refractivity contribution in [3.8, 4) is 11.3 Å². The summed E-state index contributed by atoms with van der Waals surface area (Å²) < 4.78 is 5.53. The number of fused-ring (bicyclic) bond motifs is 1. The summed E-state index contributed by atoms with van der Waals surface area (Å²) in [5.74, 6) is 2.00. The van der Waals surface area contributed by atoms with E-state index in [9.17, 15) is 4.79 Å². The number of carbonyl (C=O) groups excluding carboxylic acids is 1. The smallest absolute Gasteiger partial charge is 0.410 e. The number of amides is 1. The first-order chi connectivity index (χ1) is 19.5. The van der Waals surface area contributed by atoms with Crippen LogP contribution in [0.3, 0.4) is 0 Å². The van der Waals surface area contributed by atoms with Crippen LogP contribution in [-0.2, 0) is 4.74 Å². The number of piperazine rings is 1. The number of carbonyl (C=O) groups is 1. The van der Waals surface area contributed by atoms with Gasteiger partial charge < -0.3 is 24.8 Å². The Morgan fingerprint density at radius 1 is 1.20 bits per heavy atom. The number of H-pyrrole nitrogens is 1. The van der Waals surface area contributed by atoms with E-state index in [1.165, 1.54) is 0 Å². The molecule has 2 aromatic heterocycles. The molecule has 0 aliphatic carbocycles. The van der Waals surface area contributed by atoms with E-state index in [4.69, 9.17) is 4.74 Å². The molecule has 1 aromatic carbocycles. The molecule has 0 saturated carbocycles. The van der Waals surface area contributed by atoms with Gasteiger partial charge in [-0.3, -0.25) is 4.90 Å². The Labute approximate surface area is 242 Å². The lowest BCUT2D eigenvalue weighted by molar-refractivity contribution is 0.0126. The number of rotatable bonds is 8. The van der Waals surface area contributed by atoms with Gasteiger partial charge in [0.05, 0.1) is 16.7 Å². The number of nitrogens with one attached hydrogen (secondary N) is 2. The second kappa shape index (κ2) is 12.5. The minimum Gasteiger partial charge on any atom is -0.444 e. The van der Waals surface area contributed by atoms with Gasteiger partial charge in [-0.05, 0) is 65.1 Å². The maximum atomic E-state index is 12.5. The van der Waals surface area contributed by atoms with Gasteiger partial charge in [0.25, 0.3) is 0 Å². The van der Waals surface area contributed by atoms with Crippen molar-refractivity contribution < 1.29 is 9.53 Å². The first-order valence-electron chi connectivity index (χ1n) is 13.8. The van der Waals surface area contributed by atoms with Gasteiger partial charge in [-0.15, -0.1) is 0 Å². The van der Waals surface area contributed by atoms with Crippen molar-refractivity contribution in [2.45, 2.75) is 46.3 Å². The molecule has 41 heavy (non-hydrogen) atoms. The lowest BCUT2D eigenvalue weighted by atomic mass is 10.1. The highest BCUT2D eigenvalue weighted by Crippen LogP contribution is 2.25. The van der Waals surface area contributed by atoms with Crippen LogP contribution in [0.4, 0.5) is 16.6 Å². The summed E-state index contributed by atoms with van der Waals surface area (Å²) in [4.78, 5) is 39.5. The van der Waals surface area contributed by atoms with Crippen molar-refractivity contribution in [1.29, 1.82) is 0 Å². The number of hydrogen-bond acceptors (Lipinski definition) is 9. The number of aliphatic imine (C=N–C) groups is 1. The zero-order valence-electron chi connectivity index (χ0n) is 25.1. The number of anilines is 2. The fourth-order valence-corrected chi connectivity index (χ4v) is 4.65. The van der Waals surface area contributed by atoms with Gasteiger partial charge in [-0.2, -0.15) is 0 Å². The SMILES string of the molecule is C=N/C(=C\C(=C/C)C(C)N1CCN(C(=O)OC(C)(C)C)CC1)Nc1nc2ccc(-c3cc(N(C)C)ncn3)cc2[nH]1. The molecule has 3 aromatic rings. The summed E-state index contributed by atoms with van der Waals surface area (Å²) in [5, 5.41) is 3.27. The zero-order chi connectivity index (χ0) is 29.7. The predicted molar refractivity (Wildman–Crippen MR) is 165 cm³/mol. The van der Waals surface area contributed by atoms with Crippen molar-refractivity contribution in [1.82, 2.24) is 29.7 Å². The molecule has 1 aliphatic rings. The highest BCUT2D eigenvalue weighted by molar-refractivity contribution is 5.83. The molecule has 1 amide bonds. The van der Waals surface area contributed by atoms with E-state index in [2.05, 4.69) is 54.9 Å². The lowest BCUT2D eigenvalue weighted by Gasteiger charge is -2.38. The Bertz CT molecular complexity index is 1440. The second-order valence-electron chi connectivity index (χ2n) is 11.3. The monoisotopic (exact) mass is 559 g/mol. The van der Waals surface area contributed by atoms with E-state index in [0.29, 0.717) is 24.9 Å². The highest BCUT2D eigenvalue weighted by atomic mass is 16.6. The topological polar surface area (TPSA) is 115 Å². The third kappa shape index (κ3) is 7.49. The van der Waals surface area contributed by atoms with Crippen LogP contribution in [0, 0.1) is 0 Å². The molecule has 11 heteroatoms. The number of imidazole rings is 1. The van der Waals surface area contributed by atoms with Crippen molar-refractivity contribution in [3.05, 3.63) is 54.1 Å². The molecular weight excluding hydrogens is 518 g/mol. The number of benzene rings is 1. The van der Waals surface area contributed by atoms with Crippen LogP contribution in [0.25, 0.3) is 22.3 Å². The molecule has 1 aliphatic heterocycles. The number of nitrogens with zero attached hydrogens (tertiary/aromatic N) is 7. The van der Waals surface area contributed by atoms with E-state index < -0.39 is 5.60 Å². The quantitative estimate of drug-likeness (QED) is 0.295. The third-order valence-electron chi connectivity index (χ3n) is 6.94. The summed E-state index contributed by atoms with van der Waals surface area (Å²) in [6.07, 6.45) is 5.38. The molecule has 3 heterocycles. The van der Waals surface area contributed by atoms with Gasteiger partial charge >= 0.3 is 6.09 Å². The van der Waals surface area contributed by atoms with Crippen molar-refractivity contribution in [2.24, 2.45) is 4.99 Å². The largest absolute Gasteiger partial charge is 0.444 e. The minimum absolute atomic E-state index is 0.123. The molecule has 11 nitrogen and oxygen atoms in total. The highest BCUT2D eigenvalue weighted by Gasteiger charge is 2.28. The van der Waals surface area contributed by atoms with Crippen LogP contribution >= 0.6 is 0 Å². The molecule has 4 rings (SSSR count). The molecule has 1 saturated heterocycles. The molecule has 0 spiro atoms. The predicted octanol–water partition coefficient (Wildman–Crippen LogP) is 4.93. The minimum atomic E-state index is -0.500. The number of allylic oxidation sites excluding steroid dienone is 1. The maximum Gasteiger partial charge on any atom is 0.410 e. The van der Waals surface area contributed by atoms with Gasteiger partial charge in [-0.25, -0.2) is 24.7 Å². The maximum absolute atomic E-state index is 12.5. The van der Waals surface area contributed by atoms with Crippen LogP contribution in [0.1, 0.15) is 34.6 Å². The van der Waals surface area contributed by atoms with Crippen molar-refractivity contribution in [3.63, 3.8) is 0 Å². The van der Waals surface area contributed by atoms with Gasteiger partial charge in [0.2, 0.25) is 5.95 Å². The van der Waals surface area contributed by atoms with E-state index >= 15 is 0 Å². The molecule has 0 radical (unpaired) electrons. The molecule has 1 fully saturated rings. The summed E-state index contributed by atoms with van der Waals surface area (Å²) >= 11 is 0. The fourth-order valence-electron chi connectivity index (χ4n) is 4.65. The van der Waals surface area contributed by atoms with Crippen LogP contribution in [0.15, 0.2) is 59.1 Å². The van der Waals surface area contributed by atoms with Gasteiger partial charge in [0.1, 0.15) is 23.6 Å². The van der Waals surface area contributed by atoms with Crippen molar-refractivity contribution in [2.75, 3.05) is 50.5 Å². The van der Waals surface area contributed by atoms with Gasteiger partial charge in [0.15, 0.2) is 0 Å². The third-order valence-corrected chi connectivity index (χ3v) is 6.94. The lowest BCUT2D eigenvalue weighted by Crippen LogP contribution is -2.52. The molecule has 2 N–H and O–H groups in total. The summed E-state index contributed by atoms with van der Waals surface area (Å²) in [7, 11) is 3.90. The Morgan fingerprint density at radius 2 is 1.93 bits per heavy atom. The van der Waals surface area contributed by atoms with Crippen LogP contribution in [0.2, 0.25) is 0 Å². The molecular formula is C30H41N9O2. The number of aromatic nitrogens is 4. The average molecular weight is 560 g/mol. The summed E-state index contributed by atoms with van der Waals surface area (Å²) in [6, 6.07) is 8.06. The zero-order valence-corrected chi connectivity index (χ0v) is 25.1. The first-order valence-corrected chi connectivity index (χ1v) is 13.8. The van der Waals surface area contributed by atoms with E-state index in [1.54, 1.807) is 11.2 Å². The molecule has 1 atom stereocenters. The number of hydrogen-bond donors (Lipinski definition) is 2. The van der Waals surface area contributed by atoms with Gasteiger partial charge in [-0.1, -0.05) is 12.1 Å². The fraction of sp³-hybridized carbons (Fsp3) is 0.433. The summed E-state index contributed by atoms with van der Waals surface area (Å²) in [5.41, 5.74) is 4.09. The summed E-state index contributed by atoms with van der Waals surface area (Å²) in [6.45, 7) is 16.3. The molecule has 1 unspecified atom stereocenters. The molecule has 218 valence electrons. The van der Waals surface area contributed by atoms with E-state index in [0.717, 1.165) is 46.8 Å². The van der Waals surface area contributed by atoms with Crippen LogP contribution in [0.5, 0.6) is 0 Å². The first kappa shape index (κ1) is 29.7. The second-order valence-corrected chi connectivity index (χ2v) is 11.3. The number of ether oxygens (including phenoxy) is 1. The average Bonchev–Trinajstić information content (AvgIpc) is 3.35. The normalized spacial score (nSPS) is 16.0. The van der Waals surface area contributed by atoms with E-state index in [1.807, 2.05) is 77.0 Å². The van der Waals surface area contributed by atoms with Gasteiger partial charge in [0, 0.05) is 57.9 Å².